The van der Waals surface area contributed by atoms with Crippen molar-refractivity contribution in [3.8, 4) is 0 Å². The van der Waals surface area contributed by atoms with Gasteiger partial charge in [-0.2, -0.15) is 0 Å². The largest absolute Gasteiger partial charge is 0.394 e. The lowest BCUT2D eigenvalue weighted by molar-refractivity contribution is -0.409. The van der Waals surface area contributed by atoms with E-state index in [1.165, 1.54) is 107 Å². The summed E-state index contributed by atoms with van der Waals surface area (Å²) >= 11 is 0. The molecule has 22 aliphatic heterocycles. The molecule has 30 atom stereocenters. The van der Waals surface area contributed by atoms with E-state index < -0.39 is 191 Å². The van der Waals surface area contributed by atoms with Crippen molar-refractivity contribution in [2.75, 3.05) is 146 Å². The molecule has 30 heteroatoms. The fraction of sp³-hybridized carbons (Fsp3) is 1.00. The third-order valence-corrected chi connectivity index (χ3v) is 15.9. The third kappa shape index (κ3) is 14.4. The van der Waals surface area contributed by atoms with Crippen LogP contribution >= 0.6 is 0 Å². The molecule has 0 aromatic carbocycles. The molecule has 30 nitrogen and oxygen atoms in total. The maximum Gasteiger partial charge on any atom is 0.187 e. The van der Waals surface area contributed by atoms with Crippen molar-refractivity contribution in [3.63, 3.8) is 0 Å². The second-order valence-corrected chi connectivity index (χ2v) is 20.3. The molecule has 0 aromatic rings. The summed E-state index contributed by atoms with van der Waals surface area (Å²) in [6.07, 6.45) is -34.4. The maximum absolute atomic E-state index is 12.0. The topological polar surface area (TPSA) is 310 Å². The molecule has 22 fully saturated rings. The Morgan fingerprint density at radius 2 is 0.432 bits per heavy atom. The van der Waals surface area contributed by atoms with E-state index in [0.29, 0.717) is 0 Å². The van der Waals surface area contributed by atoms with Gasteiger partial charge in [-0.1, -0.05) is 0 Å². The van der Waals surface area contributed by atoms with Crippen LogP contribution in [0.25, 0.3) is 0 Å². The third-order valence-electron chi connectivity index (χ3n) is 15.9. The van der Waals surface area contributed by atoms with E-state index in [-0.39, 0.29) is 33.0 Å². The number of aliphatic hydroxyl groups is 3. The Labute approximate surface area is 472 Å². The van der Waals surface area contributed by atoms with Crippen LogP contribution in [0.2, 0.25) is 0 Å². The zero-order valence-electron chi connectivity index (χ0n) is 48.9. The van der Waals surface area contributed by atoms with Crippen molar-refractivity contribution in [2.45, 2.75) is 184 Å². The highest BCUT2D eigenvalue weighted by atomic mass is 16.8. The Morgan fingerprint density at radius 3 is 0.630 bits per heavy atom. The average Bonchev–Trinajstić information content (AvgIpc) is 3.46. The molecule has 0 amide bonds. The number of methoxy groups -OCH3 is 15. The summed E-state index contributed by atoms with van der Waals surface area (Å²) in [4.78, 5) is 0. The maximum atomic E-state index is 12.0. The molecular formula is C51H90O30. The van der Waals surface area contributed by atoms with Crippen molar-refractivity contribution in [1.29, 1.82) is 0 Å². The van der Waals surface area contributed by atoms with Crippen LogP contribution in [-0.2, 0) is 128 Å². The van der Waals surface area contributed by atoms with E-state index in [0.717, 1.165) is 0 Å². The highest BCUT2D eigenvalue weighted by molar-refractivity contribution is 5.03. The molecule has 0 spiro atoms. The first-order chi connectivity index (χ1) is 39.3. The van der Waals surface area contributed by atoms with E-state index >= 15 is 0 Å². The van der Waals surface area contributed by atoms with E-state index in [2.05, 4.69) is 0 Å². The molecule has 22 aliphatic rings. The highest BCUT2D eigenvalue weighted by Gasteiger charge is 2.61. The predicted octanol–water partition coefficient (Wildman–Crippen LogP) is -3.24. The molecule has 3 N–H and O–H groups in total. The Hall–Kier alpha value is -1.20. The van der Waals surface area contributed by atoms with Crippen molar-refractivity contribution >= 4 is 0 Å². The molecule has 0 radical (unpaired) electrons. The molecule has 22 rings (SSSR count). The number of hydrogen-bond acceptors (Lipinski definition) is 30. The molecule has 12 bridgehead atoms. The molecule has 22 saturated heterocycles. The quantitative estimate of drug-likeness (QED) is 0.102. The Kier molecular flexibility index (Phi) is 26.7. The van der Waals surface area contributed by atoms with Gasteiger partial charge >= 0.3 is 0 Å². The lowest BCUT2D eigenvalue weighted by atomic mass is 9.94. The van der Waals surface area contributed by atoms with Crippen LogP contribution in [0, 0.1) is 0 Å². The van der Waals surface area contributed by atoms with E-state index in [9.17, 15) is 15.3 Å². The molecule has 81 heavy (non-hydrogen) atoms. The first kappa shape index (κ1) is 67.3. The van der Waals surface area contributed by atoms with Crippen molar-refractivity contribution < 1.29 is 143 Å². The summed E-state index contributed by atoms with van der Waals surface area (Å²) in [6, 6.07) is 0. The van der Waals surface area contributed by atoms with Gasteiger partial charge in [0.25, 0.3) is 0 Å². The molecular weight excluding hydrogens is 1090 g/mol. The van der Waals surface area contributed by atoms with Crippen LogP contribution in [-0.4, -0.2) is 346 Å². The zero-order chi connectivity index (χ0) is 58.7. The van der Waals surface area contributed by atoms with Gasteiger partial charge in [0, 0.05) is 107 Å². The van der Waals surface area contributed by atoms with Gasteiger partial charge in [0.1, 0.15) is 146 Å². The number of rotatable bonds is 21. The number of aliphatic hydroxyl groups excluding tert-OH is 3. The molecule has 474 valence electrons. The Morgan fingerprint density at radius 1 is 0.235 bits per heavy atom. The van der Waals surface area contributed by atoms with Crippen LogP contribution in [0.5, 0.6) is 0 Å². The van der Waals surface area contributed by atoms with E-state index in [1.54, 1.807) is 0 Å². The Balaban J connectivity index is 1.32. The fourth-order valence-corrected chi connectivity index (χ4v) is 12.1. The van der Waals surface area contributed by atoms with E-state index in [4.69, 9.17) is 128 Å². The second kappa shape index (κ2) is 32.2. The normalized spacial score (nSPS) is 47.3. The minimum absolute atomic E-state index is 0.0270. The van der Waals surface area contributed by atoms with Gasteiger partial charge in [0.2, 0.25) is 0 Å². The van der Waals surface area contributed by atoms with Crippen LogP contribution in [0.15, 0.2) is 0 Å². The summed E-state index contributed by atoms with van der Waals surface area (Å²) in [5.41, 5.74) is 0. The molecule has 0 aliphatic carbocycles. The van der Waals surface area contributed by atoms with Gasteiger partial charge in [-0.25, -0.2) is 0 Å². The Bertz CT molecular complexity index is 1780. The lowest BCUT2D eigenvalue weighted by Crippen LogP contribution is -2.70. The fourth-order valence-electron chi connectivity index (χ4n) is 12.1. The highest BCUT2D eigenvalue weighted by Crippen LogP contribution is 2.41. The molecule has 0 aromatic heterocycles. The van der Waals surface area contributed by atoms with E-state index in [1.807, 2.05) is 0 Å². The van der Waals surface area contributed by atoms with Gasteiger partial charge in [0.05, 0.1) is 39.6 Å². The molecule has 0 unspecified atom stereocenters. The smallest absolute Gasteiger partial charge is 0.187 e. The summed E-state index contributed by atoms with van der Waals surface area (Å²) in [5.74, 6) is 0. The minimum atomic E-state index is -1.82. The monoisotopic (exact) mass is 1180 g/mol. The summed E-state index contributed by atoms with van der Waals surface area (Å²) in [5, 5.41) is 34.8. The number of hydrogen-bond donors (Lipinski definition) is 3. The summed E-state index contributed by atoms with van der Waals surface area (Å²) in [7, 11) is 22.0. The number of ether oxygens (including phenoxy) is 27. The zero-order valence-corrected chi connectivity index (χ0v) is 48.9. The first-order valence-electron chi connectivity index (χ1n) is 26.9. The minimum Gasteiger partial charge on any atom is -0.394 e. The van der Waals surface area contributed by atoms with Crippen molar-refractivity contribution in [1.82, 2.24) is 0 Å². The van der Waals surface area contributed by atoms with Gasteiger partial charge in [0.15, 0.2) is 37.7 Å². The SMILES string of the molecule is COC[C@H]1O[C@@H]2O[C@H]3[C@H](OC)[C@@H](OC)[C@@H](O[C@H]4[C@H](OC)[C@@H](OC)[C@@H](O[C@H]5[C@H](OC)[C@@H](OC)[C@H](O[C@H]6[C@H](OC)[C@@H](OC)[C@@H](O[C@H]7[C@H](O)[C@@H](O)[C@@H](O[C@H]1[C@H](OC)[C@H]2OC)O[C@@H]7CO)O[C@@H]6COC)O[C@@H]5COC)O[C@@H]4COC)O[C@@H]3COC. The van der Waals surface area contributed by atoms with Crippen LogP contribution in [0.3, 0.4) is 0 Å². The van der Waals surface area contributed by atoms with Crippen molar-refractivity contribution in [2.24, 2.45) is 0 Å². The van der Waals surface area contributed by atoms with Crippen LogP contribution < -0.4 is 0 Å². The standard InChI is InChI=1S/C51H90O30/c1-55-17-23-31-36(60-6)42(66-12)48(72-23)79-33-25(19-57-3)74-50(44(68-14)38(33)62-8)81-35-27(21-59-5)75-51(45(69-15)40(35)64-10)80-34-26(20-58-4)73-49(43(67-13)39(34)63-9)78-32-24(18-56-2)71-47(41(65-11)37(32)61-7)76-30-22(16-52)70-46(77-31)29(54)28(30)53/h22-54H,16-21H2,1-15H3/t22-,23-,24-,25-,26-,27-,28-,29-,30-,31-,32-,33-,34-,35-,36+,37+,38+,39+,40+,41-,42-,43-,44-,45-,46-,47-,48-,49+,50-,51-/m1/s1. The summed E-state index contributed by atoms with van der Waals surface area (Å²) < 4.78 is 170. The van der Waals surface area contributed by atoms with Gasteiger partial charge < -0.3 is 143 Å². The lowest BCUT2D eigenvalue weighted by Gasteiger charge is -2.53. The van der Waals surface area contributed by atoms with Gasteiger partial charge in [-0.05, 0) is 0 Å². The van der Waals surface area contributed by atoms with Gasteiger partial charge in [-0.3, -0.25) is 0 Å². The molecule has 22 heterocycles. The van der Waals surface area contributed by atoms with Crippen LogP contribution in [0.1, 0.15) is 0 Å². The van der Waals surface area contributed by atoms with Crippen LogP contribution in [0.4, 0.5) is 0 Å². The average molecular weight is 1180 g/mol. The van der Waals surface area contributed by atoms with Crippen molar-refractivity contribution in [3.05, 3.63) is 0 Å². The predicted molar refractivity (Wildman–Crippen MR) is 268 cm³/mol. The summed E-state index contributed by atoms with van der Waals surface area (Å²) in [6.45, 7) is -1.04. The molecule has 0 saturated carbocycles. The second-order valence-electron chi connectivity index (χ2n) is 20.3. The van der Waals surface area contributed by atoms with Gasteiger partial charge in [-0.15, -0.1) is 0 Å². The first-order valence-corrected chi connectivity index (χ1v) is 26.9.